The highest BCUT2D eigenvalue weighted by molar-refractivity contribution is 9.09. The van der Waals surface area contributed by atoms with Gasteiger partial charge >= 0.3 is 0 Å². The molecule has 3 nitrogen and oxygen atoms in total. The van der Waals surface area contributed by atoms with Crippen LogP contribution in [0.1, 0.15) is 32.1 Å². The summed E-state index contributed by atoms with van der Waals surface area (Å²) >= 11 is 3.46. The van der Waals surface area contributed by atoms with Gasteiger partial charge in [-0.2, -0.15) is 0 Å². The summed E-state index contributed by atoms with van der Waals surface area (Å²) in [6, 6.07) is 2.47. The van der Waals surface area contributed by atoms with Crippen LogP contribution in [0.25, 0.3) is 0 Å². The predicted molar refractivity (Wildman–Crippen MR) is 80.9 cm³/mol. The van der Waals surface area contributed by atoms with Gasteiger partial charge in [-0.25, -0.2) is 21.9 Å². The molecule has 21 heavy (non-hydrogen) atoms. The summed E-state index contributed by atoms with van der Waals surface area (Å²) in [5, 5.41) is 0.703. The molecule has 0 bridgehead atoms. The summed E-state index contributed by atoms with van der Waals surface area (Å²) in [4.78, 5) is -0.510. The van der Waals surface area contributed by atoms with Gasteiger partial charge in [-0.1, -0.05) is 35.2 Å². The highest BCUT2D eigenvalue weighted by Crippen LogP contribution is 2.37. The van der Waals surface area contributed by atoms with E-state index in [9.17, 15) is 17.2 Å². The molecule has 1 aliphatic carbocycles. The average molecular weight is 382 g/mol. The number of halogens is 3. The smallest absolute Gasteiger partial charge is 0.210 e. The van der Waals surface area contributed by atoms with Gasteiger partial charge in [-0.15, -0.1) is 0 Å². The third-order valence-electron chi connectivity index (χ3n) is 4.02. The molecule has 0 amide bonds. The lowest BCUT2D eigenvalue weighted by atomic mass is 9.76. The summed E-state index contributed by atoms with van der Waals surface area (Å²) in [7, 11) is -3.97. The van der Waals surface area contributed by atoms with Gasteiger partial charge in [-0.3, -0.25) is 0 Å². The third kappa shape index (κ3) is 4.02. The van der Waals surface area contributed by atoms with Crippen LogP contribution in [0.5, 0.6) is 0 Å². The van der Waals surface area contributed by atoms with Gasteiger partial charge in [0.2, 0.25) is 10.0 Å². The first kappa shape index (κ1) is 16.8. The molecule has 2 rings (SSSR count). The topological polar surface area (TPSA) is 46.2 Å². The van der Waals surface area contributed by atoms with Crippen LogP contribution in [0.3, 0.4) is 0 Å². The van der Waals surface area contributed by atoms with E-state index in [0.717, 1.165) is 44.2 Å². The lowest BCUT2D eigenvalue weighted by Crippen LogP contribution is -2.40. The molecular formula is C14H18BrF2NO2S. The fraction of sp³-hybridized carbons (Fsp3) is 0.571. The van der Waals surface area contributed by atoms with Crippen LogP contribution in [0, 0.1) is 17.0 Å². The Morgan fingerprint density at radius 3 is 2.43 bits per heavy atom. The van der Waals surface area contributed by atoms with Gasteiger partial charge in [-0.05, 0) is 30.4 Å². The molecule has 0 saturated heterocycles. The minimum atomic E-state index is -3.97. The standard InChI is InChI=1S/C14H18BrF2NO2S/c15-9-14(6-2-1-3-7-14)10-18-21(19,20)13-5-4-11(16)8-12(13)17/h4-5,8,18H,1-3,6-7,9-10H2. The maximum absolute atomic E-state index is 13.6. The molecule has 0 aromatic heterocycles. The maximum atomic E-state index is 13.6. The van der Waals surface area contributed by atoms with Crippen molar-refractivity contribution in [3.05, 3.63) is 29.8 Å². The highest BCUT2D eigenvalue weighted by atomic mass is 79.9. The van der Waals surface area contributed by atoms with Crippen molar-refractivity contribution in [2.45, 2.75) is 37.0 Å². The highest BCUT2D eigenvalue weighted by Gasteiger charge is 2.33. The predicted octanol–water partition coefficient (Wildman–Crippen LogP) is 3.59. The van der Waals surface area contributed by atoms with Crippen molar-refractivity contribution in [1.29, 1.82) is 0 Å². The Kier molecular flexibility index (Phi) is 5.38. The summed E-state index contributed by atoms with van der Waals surface area (Å²) in [5.41, 5.74) is -0.123. The summed E-state index contributed by atoms with van der Waals surface area (Å²) in [6.07, 6.45) is 5.17. The average Bonchev–Trinajstić information content (AvgIpc) is 2.46. The Morgan fingerprint density at radius 1 is 1.19 bits per heavy atom. The molecule has 1 aromatic carbocycles. The van der Waals surface area contributed by atoms with E-state index >= 15 is 0 Å². The minimum Gasteiger partial charge on any atom is -0.210 e. The first-order valence-corrected chi connectivity index (χ1v) is 9.50. The lowest BCUT2D eigenvalue weighted by molar-refractivity contribution is 0.227. The Morgan fingerprint density at radius 2 is 1.86 bits per heavy atom. The molecule has 1 N–H and O–H groups in total. The van der Waals surface area contributed by atoms with Crippen molar-refractivity contribution in [2.75, 3.05) is 11.9 Å². The molecule has 0 radical (unpaired) electrons. The molecule has 1 aliphatic rings. The van der Waals surface area contributed by atoms with Gasteiger partial charge in [0.25, 0.3) is 0 Å². The van der Waals surface area contributed by atoms with Crippen LogP contribution < -0.4 is 4.72 Å². The SMILES string of the molecule is O=S(=O)(NCC1(CBr)CCCCC1)c1ccc(F)cc1F. The fourth-order valence-corrected chi connectivity index (χ4v) is 4.65. The number of rotatable bonds is 5. The monoisotopic (exact) mass is 381 g/mol. The van der Waals surface area contributed by atoms with Crippen LogP contribution in [-0.4, -0.2) is 20.3 Å². The van der Waals surface area contributed by atoms with E-state index in [1.165, 1.54) is 0 Å². The zero-order valence-electron chi connectivity index (χ0n) is 11.5. The molecule has 0 aliphatic heterocycles. The van der Waals surface area contributed by atoms with Crippen LogP contribution in [0.4, 0.5) is 8.78 Å². The molecular weight excluding hydrogens is 364 g/mol. The second-order valence-corrected chi connectivity index (χ2v) is 7.89. The van der Waals surface area contributed by atoms with Crippen LogP contribution in [-0.2, 0) is 10.0 Å². The van der Waals surface area contributed by atoms with Crippen LogP contribution in [0.15, 0.2) is 23.1 Å². The van der Waals surface area contributed by atoms with Crippen molar-refractivity contribution in [3.8, 4) is 0 Å². The van der Waals surface area contributed by atoms with Crippen molar-refractivity contribution in [3.63, 3.8) is 0 Å². The van der Waals surface area contributed by atoms with E-state index in [-0.39, 0.29) is 12.0 Å². The number of hydrogen-bond donors (Lipinski definition) is 1. The molecule has 7 heteroatoms. The van der Waals surface area contributed by atoms with Gasteiger partial charge in [0.1, 0.15) is 16.5 Å². The normalized spacial score (nSPS) is 18.6. The van der Waals surface area contributed by atoms with Gasteiger partial charge < -0.3 is 0 Å². The molecule has 118 valence electrons. The largest absolute Gasteiger partial charge is 0.243 e. The fourth-order valence-electron chi connectivity index (χ4n) is 2.68. The van der Waals surface area contributed by atoms with Gasteiger partial charge in [0.15, 0.2) is 0 Å². The molecule has 1 aromatic rings. The molecule has 0 spiro atoms. The number of alkyl halides is 1. The zero-order chi connectivity index (χ0) is 15.5. The Balaban J connectivity index is 2.13. The Labute approximate surface area is 132 Å². The van der Waals surface area contributed by atoms with E-state index < -0.39 is 26.6 Å². The molecule has 0 unspecified atom stereocenters. The van der Waals surface area contributed by atoms with Crippen molar-refractivity contribution in [1.82, 2.24) is 4.72 Å². The number of benzene rings is 1. The van der Waals surface area contributed by atoms with Crippen molar-refractivity contribution < 1.29 is 17.2 Å². The summed E-state index contributed by atoms with van der Waals surface area (Å²) in [6.45, 7) is 0.261. The van der Waals surface area contributed by atoms with E-state index in [2.05, 4.69) is 20.7 Å². The third-order valence-corrected chi connectivity index (χ3v) is 6.64. The zero-order valence-corrected chi connectivity index (χ0v) is 13.9. The van der Waals surface area contributed by atoms with Crippen LogP contribution in [0.2, 0.25) is 0 Å². The van der Waals surface area contributed by atoms with E-state index in [1.807, 2.05) is 0 Å². The van der Waals surface area contributed by atoms with Gasteiger partial charge in [0.05, 0.1) is 0 Å². The van der Waals surface area contributed by atoms with E-state index in [4.69, 9.17) is 0 Å². The Hall–Kier alpha value is -0.530. The first-order valence-electron chi connectivity index (χ1n) is 6.89. The molecule has 1 fully saturated rings. The summed E-state index contributed by atoms with van der Waals surface area (Å²) in [5.74, 6) is -1.87. The first-order chi connectivity index (χ1) is 9.88. The molecule has 0 atom stereocenters. The van der Waals surface area contributed by atoms with E-state index in [0.29, 0.717) is 11.4 Å². The van der Waals surface area contributed by atoms with Crippen molar-refractivity contribution in [2.24, 2.45) is 5.41 Å². The minimum absolute atomic E-state index is 0.123. The number of hydrogen-bond acceptors (Lipinski definition) is 2. The van der Waals surface area contributed by atoms with Crippen molar-refractivity contribution >= 4 is 26.0 Å². The lowest BCUT2D eigenvalue weighted by Gasteiger charge is -2.35. The number of sulfonamides is 1. The molecule has 1 saturated carbocycles. The van der Waals surface area contributed by atoms with Crippen LogP contribution >= 0.6 is 15.9 Å². The Bertz CT molecular complexity index is 601. The quantitative estimate of drug-likeness (QED) is 0.792. The second-order valence-electron chi connectivity index (χ2n) is 5.59. The second kappa shape index (κ2) is 6.71. The van der Waals surface area contributed by atoms with Gasteiger partial charge in [0, 0.05) is 17.9 Å². The summed E-state index contributed by atoms with van der Waals surface area (Å²) < 4.78 is 53.3. The number of nitrogens with one attached hydrogen (secondary N) is 1. The van der Waals surface area contributed by atoms with E-state index in [1.54, 1.807) is 0 Å². The maximum Gasteiger partial charge on any atom is 0.243 e. The molecule has 0 heterocycles.